The fourth-order valence-corrected chi connectivity index (χ4v) is 1.26. The summed E-state index contributed by atoms with van der Waals surface area (Å²) in [6.07, 6.45) is 0. The molecule has 0 saturated carbocycles. The van der Waals surface area contributed by atoms with Gasteiger partial charge in [0.25, 0.3) is 0 Å². The highest BCUT2D eigenvalue weighted by Crippen LogP contribution is 2.08. The number of hydrogen-bond donors (Lipinski definition) is 0. The molecule has 2 nitrogen and oxygen atoms in total. The van der Waals surface area contributed by atoms with Crippen molar-refractivity contribution in [3.63, 3.8) is 0 Å². The van der Waals surface area contributed by atoms with Crippen LogP contribution in [0, 0.1) is 11.3 Å². The lowest BCUT2D eigenvalue weighted by Crippen LogP contribution is -2.21. The van der Waals surface area contributed by atoms with Gasteiger partial charge < -0.3 is 0 Å². The number of rotatable bonds is 0. The van der Waals surface area contributed by atoms with Gasteiger partial charge in [0.2, 0.25) is 0 Å². The molecule has 12 heavy (non-hydrogen) atoms. The maximum absolute atomic E-state index is 8.78. The van der Waals surface area contributed by atoms with Crippen molar-refractivity contribution in [2.24, 2.45) is 4.99 Å². The van der Waals surface area contributed by atoms with Crippen LogP contribution in [0.25, 0.3) is 5.57 Å². The first kappa shape index (κ1) is 6.81. The Labute approximate surface area is 69.8 Å². The van der Waals surface area contributed by atoms with Crippen molar-refractivity contribution in [2.45, 2.75) is 0 Å². The van der Waals surface area contributed by atoms with Crippen molar-refractivity contribution >= 4 is 5.57 Å². The Balaban J connectivity index is 3.00. The summed E-state index contributed by atoms with van der Waals surface area (Å²) in [4.78, 5) is 4.15. The Bertz CT molecular complexity index is 503. The molecule has 1 aromatic rings. The van der Waals surface area contributed by atoms with Crippen LogP contribution in [0.3, 0.4) is 0 Å². The molecular weight excluding hydrogens is 148 g/mol. The molecule has 0 aliphatic carbocycles. The van der Waals surface area contributed by atoms with Crippen LogP contribution in [-0.2, 0) is 0 Å². The van der Waals surface area contributed by atoms with Gasteiger partial charge >= 0.3 is 0 Å². The van der Waals surface area contributed by atoms with Crippen molar-refractivity contribution in [2.75, 3.05) is 0 Å². The number of benzene rings is 1. The van der Waals surface area contributed by atoms with Crippen molar-refractivity contribution in [1.29, 1.82) is 5.26 Å². The first-order valence-corrected chi connectivity index (χ1v) is 3.60. The minimum absolute atomic E-state index is 0.568. The number of allylic oxidation sites excluding steroid dienone is 1. The summed E-state index contributed by atoms with van der Waals surface area (Å²) < 4.78 is 0. The zero-order valence-corrected chi connectivity index (χ0v) is 6.41. The minimum Gasteiger partial charge on any atom is -0.248 e. The Hall–Kier alpha value is -1.88. The van der Waals surface area contributed by atoms with E-state index in [9.17, 15) is 0 Å². The summed E-state index contributed by atoms with van der Waals surface area (Å²) >= 11 is 0. The number of nitrogens with zero attached hydrogens (tertiary/aromatic N) is 2. The molecule has 1 heterocycles. The van der Waals surface area contributed by atoms with Crippen molar-refractivity contribution < 1.29 is 0 Å². The molecule has 56 valence electrons. The van der Waals surface area contributed by atoms with Crippen LogP contribution in [0.15, 0.2) is 41.5 Å². The molecule has 1 aliphatic rings. The third-order valence-corrected chi connectivity index (χ3v) is 1.83. The lowest BCUT2D eigenvalue weighted by molar-refractivity contribution is 1.33. The molecule has 0 bridgehead atoms. The molecule has 2 rings (SSSR count). The number of para-hydroxylation sites is 1. The molecule has 1 aromatic carbocycles. The summed E-state index contributed by atoms with van der Waals surface area (Å²) in [5.41, 5.74) is 1.16. The van der Waals surface area contributed by atoms with Gasteiger partial charge in [-0.15, -0.1) is 0 Å². The van der Waals surface area contributed by atoms with Crippen molar-refractivity contribution in [1.82, 2.24) is 0 Å². The Morgan fingerprint density at radius 2 is 2.08 bits per heavy atom. The SMILES string of the molecule is C=C1N=c2ccccc2=C1C#N. The lowest BCUT2D eigenvalue weighted by Gasteiger charge is -1.85. The van der Waals surface area contributed by atoms with Gasteiger partial charge in [0.1, 0.15) is 6.07 Å². The molecule has 1 aliphatic heterocycles. The Morgan fingerprint density at radius 3 is 2.83 bits per heavy atom. The summed E-state index contributed by atoms with van der Waals surface area (Å²) in [6, 6.07) is 9.65. The summed E-state index contributed by atoms with van der Waals surface area (Å²) in [6.45, 7) is 3.69. The third kappa shape index (κ3) is 0.770. The normalized spacial score (nSPS) is 13.6. The van der Waals surface area contributed by atoms with Gasteiger partial charge in [0.05, 0.1) is 16.6 Å². The van der Waals surface area contributed by atoms with E-state index in [1.165, 1.54) is 0 Å². The molecule has 0 unspecified atom stereocenters. The topological polar surface area (TPSA) is 36.1 Å². The molecule has 0 fully saturated rings. The van der Waals surface area contributed by atoms with Crippen LogP contribution in [-0.4, -0.2) is 0 Å². The van der Waals surface area contributed by atoms with Crippen molar-refractivity contribution in [3.05, 3.63) is 47.1 Å². The van der Waals surface area contributed by atoms with E-state index >= 15 is 0 Å². The zero-order chi connectivity index (χ0) is 8.55. The van der Waals surface area contributed by atoms with E-state index in [1.54, 1.807) is 0 Å². The lowest BCUT2D eigenvalue weighted by atomic mass is 10.2. The van der Waals surface area contributed by atoms with Gasteiger partial charge in [0.15, 0.2) is 0 Å². The molecule has 0 spiro atoms. The summed E-state index contributed by atoms with van der Waals surface area (Å²) in [5, 5.41) is 10.5. The fraction of sp³-hybridized carbons (Fsp3) is 0. The van der Waals surface area contributed by atoms with E-state index in [2.05, 4.69) is 17.6 Å². The van der Waals surface area contributed by atoms with Crippen LogP contribution in [0.4, 0.5) is 0 Å². The van der Waals surface area contributed by atoms with E-state index in [0.717, 1.165) is 10.6 Å². The van der Waals surface area contributed by atoms with Crippen LogP contribution in [0.5, 0.6) is 0 Å². The van der Waals surface area contributed by atoms with Crippen LogP contribution >= 0.6 is 0 Å². The molecule has 0 amide bonds. The highest BCUT2D eigenvalue weighted by atomic mass is 14.8. The second-order valence-electron chi connectivity index (χ2n) is 2.56. The van der Waals surface area contributed by atoms with E-state index in [0.29, 0.717) is 11.3 Å². The van der Waals surface area contributed by atoms with E-state index in [1.807, 2.05) is 24.3 Å². The first-order chi connectivity index (χ1) is 5.83. The number of nitriles is 1. The van der Waals surface area contributed by atoms with Gasteiger partial charge in [-0.05, 0) is 6.07 Å². The van der Waals surface area contributed by atoms with Crippen molar-refractivity contribution in [3.8, 4) is 6.07 Å². The summed E-state index contributed by atoms with van der Waals surface area (Å²) in [5.74, 6) is 0. The highest BCUT2D eigenvalue weighted by Gasteiger charge is 2.08. The zero-order valence-electron chi connectivity index (χ0n) is 6.41. The van der Waals surface area contributed by atoms with Gasteiger partial charge in [0, 0.05) is 5.22 Å². The smallest absolute Gasteiger partial charge is 0.102 e. The van der Waals surface area contributed by atoms with E-state index < -0.39 is 0 Å². The predicted octanol–water partition coefficient (Wildman–Crippen LogP) is 0.508. The Kier molecular flexibility index (Phi) is 1.31. The summed E-state index contributed by atoms with van der Waals surface area (Å²) in [7, 11) is 0. The van der Waals surface area contributed by atoms with Gasteiger partial charge in [-0.1, -0.05) is 24.8 Å². The molecule has 0 aromatic heterocycles. The maximum Gasteiger partial charge on any atom is 0.102 e. The predicted molar refractivity (Wildman–Crippen MR) is 45.4 cm³/mol. The van der Waals surface area contributed by atoms with Crippen LogP contribution in [0.1, 0.15) is 0 Å². The second-order valence-corrected chi connectivity index (χ2v) is 2.56. The van der Waals surface area contributed by atoms with Crippen LogP contribution < -0.4 is 10.6 Å². The van der Waals surface area contributed by atoms with Gasteiger partial charge in [-0.25, -0.2) is 4.99 Å². The quantitative estimate of drug-likeness (QED) is 0.536. The minimum atomic E-state index is 0.568. The third-order valence-electron chi connectivity index (χ3n) is 1.83. The molecular formula is C10H6N2. The Morgan fingerprint density at radius 1 is 1.33 bits per heavy atom. The molecule has 2 heteroatoms. The molecule has 0 radical (unpaired) electrons. The number of fused-ring (bicyclic) bond motifs is 1. The molecule has 0 atom stereocenters. The molecule has 0 saturated heterocycles. The monoisotopic (exact) mass is 154 g/mol. The standard InChI is InChI=1S/C10H6N2/c1-7-9(6-11)8-4-2-3-5-10(8)12-7/h2-5H,1H2. The highest BCUT2D eigenvalue weighted by molar-refractivity contribution is 5.75. The number of hydrogen-bond acceptors (Lipinski definition) is 2. The van der Waals surface area contributed by atoms with E-state index in [4.69, 9.17) is 5.26 Å². The van der Waals surface area contributed by atoms with Gasteiger partial charge in [-0.2, -0.15) is 5.26 Å². The van der Waals surface area contributed by atoms with Crippen LogP contribution in [0.2, 0.25) is 0 Å². The van der Waals surface area contributed by atoms with E-state index in [-0.39, 0.29) is 0 Å². The fourth-order valence-electron chi connectivity index (χ4n) is 1.26. The average Bonchev–Trinajstić information content (AvgIpc) is 2.40. The largest absolute Gasteiger partial charge is 0.248 e. The molecule has 0 N–H and O–H groups in total. The first-order valence-electron chi connectivity index (χ1n) is 3.60. The van der Waals surface area contributed by atoms with Gasteiger partial charge in [-0.3, -0.25) is 0 Å². The maximum atomic E-state index is 8.78. The second kappa shape index (κ2) is 2.31. The average molecular weight is 154 g/mol.